The fourth-order valence-corrected chi connectivity index (χ4v) is 2.32. The molecule has 0 fully saturated rings. The molecule has 0 saturated carbocycles. The molecule has 124 valence electrons. The Morgan fingerprint density at radius 3 is 1.55 bits per heavy atom. The van der Waals surface area contributed by atoms with Gasteiger partial charge in [0.25, 0.3) is 0 Å². The van der Waals surface area contributed by atoms with Crippen LogP contribution in [0.25, 0.3) is 0 Å². The molecule has 0 aliphatic rings. The zero-order valence-electron chi connectivity index (χ0n) is 14.7. The number of rotatable bonds is 15. The van der Waals surface area contributed by atoms with E-state index >= 15 is 0 Å². The lowest BCUT2D eigenvalue weighted by atomic mass is 10.1. The van der Waals surface area contributed by atoms with Gasteiger partial charge in [-0.2, -0.15) is 0 Å². The fourth-order valence-electron chi connectivity index (χ4n) is 2.32. The van der Waals surface area contributed by atoms with Crippen LogP contribution in [0.2, 0.25) is 0 Å². The Labute approximate surface area is 139 Å². The first-order valence-electron chi connectivity index (χ1n) is 9.19. The van der Waals surface area contributed by atoms with Gasteiger partial charge in [-0.05, 0) is 12.8 Å². The molecule has 0 amide bonds. The molecule has 0 unspecified atom stereocenters. The standard InChI is InChI=1S/C22H36/c1-3-5-7-9-11-13-15-17-19-21-22-20-18-16-14-12-10-8-6-4-2/h3,5,7,9,11,13,15,17,19H,1,4,6,8,10,12,14,16,18,20-22H2,2H3/b7-5+,11-9+,15-13+,19-17+. The minimum absolute atomic E-state index is 1.21. The highest BCUT2D eigenvalue weighted by Gasteiger charge is 1.91. The highest BCUT2D eigenvalue weighted by atomic mass is 14.0. The molecule has 0 aliphatic heterocycles. The lowest BCUT2D eigenvalue weighted by Gasteiger charge is -2.01. The van der Waals surface area contributed by atoms with Gasteiger partial charge in [-0.1, -0.05) is 126 Å². The summed E-state index contributed by atoms with van der Waals surface area (Å²) >= 11 is 0. The first kappa shape index (κ1) is 20.7. The van der Waals surface area contributed by atoms with E-state index in [-0.39, 0.29) is 0 Å². The van der Waals surface area contributed by atoms with Crippen molar-refractivity contribution in [2.75, 3.05) is 0 Å². The zero-order valence-corrected chi connectivity index (χ0v) is 14.7. The summed E-state index contributed by atoms with van der Waals surface area (Å²) in [5.41, 5.74) is 0. The lowest BCUT2D eigenvalue weighted by molar-refractivity contribution is 0.557. The molecule has 0 aromatic rings. The summed E-state index contributed by atoms with van der Waals surface area (Å²) in [7, 11) is 0. The van der Waals surface area contributed by atoms with Crippen molar-refractivity contribution >= 4 is 0 Å². The SMILES string of the molecule is C=C/C=C/C=C/C=C/C=C/CCCCCCCCCCCC. The van der Waals surface area contributed by atoms with Gasteiger partial charge in [0, 0.05) is 0 Å². The lowest BCUT2D eigenvalue weighted by Crippen LogP contribution is -1.81. The molecule has 0 radical (unpaired) electrons. The maximum atomic E-state index is 3.62. The monoisotopic (exact) mass is 300 g/mol. The molecule has 0 bridgehead atoms. The Balaban J connectivity index is 3.26. The summed E-state index contributed by atoms with van der Waals surface area (Å²) in [5, 5.41) is 0. The topological polar surface area (TPSA) is 0 Å². The largest absolute Gasteiger partial charge is 0.0991 e. The summed E-state index contributed by atoms with van der Waals surface area (Å²) in [4.78, 5) is 0. The summed E-state index contributed by atoms with van der Waals surface area (Å²) in [6.07, 6.45) is 33.6. The number of allylic oxidation sites excluding steroid dienone is 9. The van der Waals surface area contributed by atoms with Crippen LogP contribution < -0.4 is 0 Å². The highest BCUT2D eigenvalue weighted by molar-refractivity contribution is 5.17. The summed E-state index contributed by atoms with van der Waals surface area (Å²) in [6, 6.07) is 0. The first-order chi connectivity index (χ1) is 10.9. The van der Waals surface area contributed by atoms with Crippen molar-refractivity contribution in [1.29, 1.82) is 0 Å². The van der Waals surface area contributed by atoms with Gasteiger partial charge in [0.1, 0.15) is 0 Å². The van der Waals surface area contributed by atoms with Gasteiger partial charge in [0.2, 0.25) is 0 Å². The van der Waals surface area contributed by atoms with Gasteiger partial charge >= 0.3 is 0 Å². The Morgan fingerprint density at radius 2 is 1.00 bits per heavy atom. The molecule has 0 aromatic carbocycles. The van der Waals surface area contributed by atoms with Gasteiger partial charge in [0.05, 0.1) is 0 Å². The minimum atomic E-state index is 1.21. The van der Waals surface area contributed by atoms with E-state index in [1.807, 2.05) is 24.3 Å². The quantitative estimate of drug-likeness (QED) is 0.214. The minimum Gasteiger partial charge on any atom is -0.0991 e. The Kier molecular flexibility index (Phi) is 18.5. The van der Waals surface area contributed by atoms with Crippen molar-refractivity contribution in [2.45, 2.75) is 77.6 Å². The van der Waals surface area contributed by atoms with Gasteiger partial charge in [0.15, 0.2) is 0 Å². The molecule has 0 saturated heterocycles. The van der Waals surface area contributed by atoms with Crippen LogP contribution in [0.1, 0.15) is 77.6 Å². The number of hydrogen-bond acceptors (Lipinski definition) is 0. The van der Waals surface area contributed by atoms with Crippen molar-refractivity contribution in [3.05, 3.63) is 61.3 Å². The van der Waals surface area contributed by atoms with Crippen LogP contribution in [0.4, 0.5) is 0 Å². The van der Waals surface area contributed by atoms with Crippen molar-refractivity contribution in [1.82, 2.24) is 0 Å². The van der Waals surface area contributed by atoms with Gasteiger partial charge in [-0.25, -0.2) is 0 Å². The predicted molar refractivity (Wildman–Crippen MR) is 103 cm³/mol. The number of hydrogen-bond donors (Lipinski definition) is 0. The molecule has 0 nitrogen and oxygen atoms in total. The second kappa shape index (κ2) is 19.7. The Bertz CT molecular complexity index is 328. The molecule has 0 N–H and O–H groups in total. The van der Waals surface area contributed by atoms with E-state index in [0.717, 1.165) is 0 Å². The average molecular weight is 301 g/mol. The van der Waals surface area contributed by atoms with Gasteiger partial charge in [-0.15, -0.1) is 0 Å². The maximum Gasteiger partial charge on any atom is -0.0348 e. The van der Waals surface area contributed by atoms with E-state index in [0.29, 0.717) is 0 Å². The van der Waals surface area contributed by atoms with Crippen molar-refractivity contribution in [2.24, 2.45) is 0 Å². The third-order valence-corrected chi connectivity index (χ3v) is 3.66. The van der Waals surface area contributed by atoms with Crippen LogP contribution in [0, 0.1) is 0 Å². The van der Waals surface area contributed by atoms with E-state index in [1.54, 1.807) is 6.08 Å². The van der Waals surface area contributed by atoms with Crippen molar-refractivity contribution < 1.29 is 0 Å². The van der Waals surface area contributed by atoms with Crippen LogP contribution in [0.3, 0.4) is 0 Å². The molecule has 0 heterocycles. The van der Waals surface area contributed by atoms with E-state index < -0.39 is 0 Å². The molecule has 0 rings (SSSR count). The summed E-state index contributed by atoms with van der Waals surface area (Å²) < 4.78 is 0. The van der Waals surface area contributed by atoms with Crippen LogP contribution >= 0.6 is 0 Å². The van der Waals surface area contributed by atoms with Crippen LogP contribution in [0.5, 0.6) is 0 Å². The molecule has 0 spiro atoms. The summed E-state index contributed by atoms with van der Waals surface area (Å²) in [5.74, 6) is 0. The second-order valence-electron chi connectivity index (χ2n) is 5.79. The fraction of sp³-hybridized carbons (Fsp3) is 0.545. The van der Waals surface area contributed by atoms with Crippen molar-refractivity contribution in [3.8, 4) is 0 Å². The van der Waals surface area contributed by atoms with E-state index in [4.69, 9.17) is 0 Å². The average Bonchev–Trinajstić information content (AvgIpc) is 2.54. The predicted octanol–water partition coefficient (Wildman–Crippen LogP) is 7.71. The molecule has 0 heteroatoms. The zero-order chi connectivity index (χ0) is 16.1. The second-order valence-corrected chi connectivity index (χ2v) is 5.79. The van der Waals surface area contributed by atoms with Crippen LogP contribution in [0.15, 0.2) is 61.3 Å². The summed E-state index contributed by atoms with van der Waals surface area (Å²) in [6.45, 7) is 5.91. The molecule has 0 aromatic heterocycles. The Morgan fingerprint density at radius 1 is 0.545 bits per heavy atom. The van der Waals surface area contributed by atoms with E-state index in [2.05, 4.69) is 37.8 Å². The van der Waals surface area contributed by atoms with Crippen molar-refractivity contribution in [3.63, 3.8) is 0 Å². The third kappa shape index (κ3) is 18.7. The molecule has 22 heavy (non-hydrogen) atoms. The molecule has 0 atom stereocenters. The smallest absolute Gasteiger partial charge is 0.0348 e. The van der Waals surface area contributed by atoms with Gasteiger partial charge in [-0.3, -0.25) is 0 Å². The maximum absolute atomic E-state index is 3.62. The van der Waals surface area contributed by atoms with Crippen LogP contribution in [-0.2, 0) is 0 Å². The molecular weight excluding hydrogens is 264 g/mol. The first-order valence-corrected chi connectivity index (χ1v) is 9.19. The normalized spacial score (nSPS) is 12.4. The van der Waals surface area contributed by atoms with E-state index in [1.165, 1.54) is 70.6 Å². The molecule has 0 aliphatic carbocycles. The van der Waals surface area contributed by atoms with Gasteiger partial charge < -0.3 is 0 Å². The number of unbranched alkanes of at least 4 members (excludes halogenated alkanes) is 10. The third-order valence-electron chi connectivity index (χ3n) is 3.66. The highest BCUT2D eigenvalue weighted by Crippen LogP contribution is 2.11. The van der Waals surface area contributed by atoms with Crippen LogP contribution in [-0.4, -0.2) is 0 Å². The Hall–Kier alpha value is -1.30. The molecular formula is C22H36. The van der Waals surface area contributed by atoms with E-state index in [9.17, 15) is 0 Å².